The molecule has 14 heavy (non-hydrogen) atoms. The van der Waals surface area contributed by atoms with Gasteiger partial charge in [-0.05, 0) is 36.9 Å². The highest BCUT2D eigenvalue weighted by Gasteiger charge is 2.00. The van der Waals surface area contributed by atoms with E-state index in [1.165, 1.54) is 21.4 Å². The molecule has 0 aliphatic carbocycles. The third-order valence-electron chi connectivity index (χ3n) is 2.00. The monoisotopic (exact) mass is 273 g/mol. The molecule has 0 radical (unpaired) electrons. The van der Waals surface area contributed by atoms with Gasteiger partial charge in [0.1, 0.15) is 0 Å². The molecule has 0 amide bonds. The number of thioether (sulfide) groups is 1. The third-order valence-corrected chi connectivity index (χ3v) is 3.47. The first-order valence-electron chi connectivity index (χ1n) is 4.81. The highest BCUT2D eigenvalue weighted by atomic mass is 79.9. The van der Waals surface area contributed by atoms with E-state index in [0.29, 0.717) is 0 Å². The zero-order chi connectivity index (χ0) is 10.4. The summed E-state index contributed by atoms with van der Waals surface area (Å²) in [4.78, 5) is 1.30. The van der Waals surface area contributed by atoms with Crippen LogP contribution in [0, 0.1) is 0 Å². The maximum absolute atomic E-state index is 3.59. The van der Waals surface area contributed by atoms with Crippen LogP contribution in [0.3, 0.4) is 0 Å². The molecule has 1 aromatic carbocycles. The molecular formula is C11H16BrNS. The number of halogens is 1. The highest BCUT2D eigenvalue weighted by Crippen LogP contribution is 2.23. The average molecular weight is 274 g/mol. The van der Waals surface area contributed by atoms with Crippen LogP contribution in [-0.4, -0.2) is 12.8 Å². The minimum Gasteiger partial charge on any atom is -0.313 e. The van der Waals surface area contributed by atoms with E-state index in [-0.39, 0.29) is 0 Å². The smallest absolute Gasteiger partial charge is 0.0231 e. The van der Waals surface area contributed by atoms with Gasteiger partial charge in [0, 0.05) is 15.9 Å². The first kappa shape index (κ1) is 12.1. The van der Waals surface area contributed by atoms with Gasteiger partial charge in [-0.15, -0.1) is 11.8 Å². The Hall–Kier alpha value is 0.01000. The second-order valence-electron chi connectivity index (χ2n) is 3.13. The Labute approximate surface area is 98.8 Å². The summed E-state index contributed by atoms with van der Waals surface area (Å²) < 4.78 is 1.20. The lowest BCUT2D eigenvalue weighted by Crippen LogP contribution is -2.14. The lowest BCUT2D eigenvalue weighted by Gasteiger charge is -2.07. The van der Waals surface area contributed by atoms with E-state index >= 15 is 0 Å². The first-order valence-corrected chi connectivity index (χ1v) is 6.82. The van der Waals surface area contributed by atoms with Crippen molar-refractivity contribution in [3.05, 3.63) is 28.2 Å². The Morgan fingerprint density at radius 1 is 1.43 bits per heavy atom. The van der Waals surface area contributed by atoms with E-state index in [2.05, 4.69) is 52.6 Å². The van der Waals surface area contributed by atoms with Gasteiger partial charge >= 0.3 is 0 Å². The molecule has 1 aromatic rings. The maximum Gasteiger partial charge on any atom is 0.0231 e. The second kappa shape index (κ2) is 6.49. The number of rotatable bonds is 5. The van der Waals surface area contributed by atoms with E-state index in [9.17, 15) is 0 Å². The molecule has 1 nitrogen and oxygen atoms in total. The fourth-order valence-corrected chi connectivity index (χ4v) is 2.31. The van der Waals surface area contributed by atoms with Crippen molar-refractivity contribution in [3.63, 3.8) is 0 Å². The van der Waals surface area contributed by atoms with Crippen molar-refractivity contribution in [3.8, 4) is 0 Å². The molecule has 0 aliphatic heterocycles. The predicted molar refractivity (Wildman–Crippen MR) is 67.9 cm³/mol. The first-order chi connectivity index (χ1) is 6.77. The van der Waals surface area contributed by atoms with E-state index in [4.69, 9.17) is 0 Å². The molecule has 0 fully saturated rings. The molecule has 0 aromatic heterocycles. The van der Waals surface area contributed by atoms with Crippen LogP contribution >= 0.6 is 27.7 Å². The summed E-state index contributed by atoms with van der Waals surface area (Å²) in [7, 11) is 0. The van der Waals surface area contributed by atoms with Crippen molar-refractivity contribution < 1.29 is 0 Å². The van der Waals surface area contributed by atoms with Crippen molar-refractivity contribution >= 4 is 27.7 Å². The third kappa shape index (κ3) is 3.64. The Balaban J connectivity index is 2.59. The molecule has 0 saturated carbocycles. The van der Waals surface area contributed by atoms with Crippen LogP contribution in [0.2, 0.25) is 0 Å². The van der Waals surface area contributed by atoms with Crippen LogP contribution in [0.25, 0.3) is 0 Å². The van der Waals surface area contributed by atoms with E-state index in [0.717, 1.165) is 13.1 Å². The summed E-state index contributed by atoms with van der Waals surface area (Å²) in [6.45, 7) is 4.21. The number of hydrogen-bond donors (Lipinski definition) is 1. The second-order valence-corrected chi connectivity index (χ2v) is 4.87. The van der Waals surface area contributed by atoms with Crippen LogP contribution < -0.4 is 5.32 Å². The van der Waals surface area contributed by atoms with E-state index < -0.39 is 0 Å². The van der Waals surface area contributed by atoms with Crippen LogP contribution in [0.5, 0.6) is 0 Å². The van der Waals surface area contributed by atoms with Gasteiger partial charge in [0.15, 0.2) is 0 Å². The SMILES string of the molecule is CCCNCc1ccc(SC)cc1Br. The quantitative estimate of drug-likeness (QED) is 0.649. The summed E-state index contributed by atoms with van der Waals surface area (Å²) in [6, 6.07) is 6.52. The number of benzene rings is 1. The molecule has 0 aliphatic rings. The van der Waals surface area contributed by atoms with Gasteiger partial charge in [0.25, 0.3) is 0 Å². The molecular weight excluding hydrogens is 258 g/mol. The number of nitrogens with one attached hydrogen (secondary N) is 1. The molecule has 1 N–H and O–H groups in total. The van der Waals surface area contributed by atoms with Crippen LogP contribution in [0.4, 0.5) is 0 Å². The van der Waals surface area contributed by atoms with Gasteiger partial charge in [-0.2, -0.15) is 0 Å². The molecule has 3 heteroatoms. The molecule has 1 rings (SSSR count). The van der Waals surface area contributed by atoms with Gasteiger partial charge in [-0.25, -0.2) is 0 Å². The molecule has 0 spiro atoms. The fourth-order valence-electron chi connectivity index (χ4n) is 1.20. The molecule has 0 heterocycles. The van der Waals surface area contributed by atoms with E-state index in [1.54, 1.807) is 11.8 Å². The molecule has 0 atom stereocenters. The topological polar surface area (TPSA) is 12.0 Å². The van der Waals surface area contributed by atoms with Crippen molar-refractivity contribution in [1.29, 1.82) is 0 Å². The zero-order valence-electron chi connectivity index (χ0n) is 8.64. The summed E-state index contributed by atoms with van der Waals surface area (Å²) in [5.74, 6) is 0. The van der Waals surface area contributed by atoms with Gasteiger partial charge < -0.3 is 5.32 Å². The highest BCUT2D eigenvalue weighted by molar-refractivity contribution is 9.10. The van der Waals surface area contributed by atoms with Crippen molar-refractivity contribution in [1.82, 2.24) is 5.32 Å². The van der Waals surface area contributed by atoms with Crippen molar-refractivity contribution in [2.45, 2.75) is 24.8 Å². The summed E-state index contributed by atoms with van der Waals surface area (Å²) in [5.41, 5.74) is 1.33. The normalized spacial score (nSPS) is 10.5. The lowest BCUT2D eigenvalue weighted by molar-refractivity contribution is 0.673. The Bertz CT molecular complexity index is 289. The van der Waals surface area contributed by atoms with E-state index in [1.807, 2.05) is 0 Å². The fraction of sp³-hybridized carbons (Fsp3) is 0.455. The van der Waals surface area contributed by atoms with Crippen LogP contribution in [-0.2, 0) is 6.54 Å². The standard InChI is InChI=1S/C11H16BrNS/c1-3-6-13-8-9-4-5-10(14-2)7-11(9)12/h4-5,7,13H,3,6,8H2,1-2H3. The average Bonchev–Trinajstić information content (AvgIpc) is 2.20. The summed E-state index contributed by atoms with van der Waals surface area (Å²) in [6.07, 6.45) is 3.28. The van der Waals surface area contributed by atoms with Crippen molar-refractivity contribution in [2.75, 3.05) is 12.8 Å². The summed E-state index contributed by atoms with van der Waals surface area (Å²) >= 11 is 5.36. The lowest BCUT2D eigenvalue weighted by atomic mass is 10.2. The van der Waals surface area contributed by atoms with Gasteiger partial charge in [-0.3, -0.25) is 0 Å². The predicted octanol–water partition coefficient (Wildman–Crippen LogP) is 3.67. The molecule has 0 saturated heterocycles. The largest absolute Gasteiger partial charge is 0.313 e. The van der Waals surface area contributed by atoms with Gasteiger partial charge in [0.2, 0.25) is 0 Å². The van der Waals surface area contributed by atoms with Gasteiger partial charge in [-0.1, -0.05) is 28.9 Å². The molecule has 0 unspecified atom stereocenters. The maximum atomic E-state index is 3.59. The van der Waals surface area contributed by atoms with Crippen LogP contribution in [0.1, 0.15) is 18.9 Å². The van der Waals surface area contributed by atoms with Gasteiger partial charge in [0.05, 0.1) is 0 Å². The van der Waals surface area contributed by atoms with Crippen LogP contribution in [0.15, 0.2) is 27.6 Å². The minimum atomic E-state index is 0.948. The minimum absolute atomic E-state index is 0.948. The Morgan fingerprint density at radius 3 is 2.79 bits per heavy atom. The zero-order valence-corrected chi connectivity index (χ0v) is 11.0. The Kier molecular flexibility index (Phi) is 5.60. The summed E-state index contributed by atoms with van der Waals surface area (Å²) in [5, 5.41) is 3.39. The number of hydrogen-bond acceptors (Lipinski definition) is 2. The van der Waals surface area contributed by atoms with Crippen molar-refractivity contribution in [2.24, 2.45) is 0 Å². The Morgan fingerprint density at radius 2 is 2.21 bits per heavy atom. The molecule has 0 bridgehead atoms. The molecule has 78 valence electrons.